The van der Waals surface area contributed by atoms with E-state index >= 15 is 0 Å². The smallest absolute Gasteiger partial charge is 0.216 e. The van der Waals surface area contributed by atoms with Gasteiger partial charge in [-0.3, -0.25) is 0 Å². The minimum atomic E-state index is 0.161. The third-order valence-electron chi connectivity index (χ3n) is 1.81. The van der Waals surface area contributed by atoms with Crippen LogP contribution >= 0.6 is 11.3 Å². The Kier molecular flexibility index (Phi) is 2.86. The Hall–Kier alpha value is -0.700. The van der Waals surface area contributed by atoms with Gasteiger partial charge in [0.2, 0.25) is 5.06 Å². The van der Waals surface area contributed by atoms with Gasteiger partial charge in [0.25, 0.3) is 0 Å². The average Bonchev–Trinajstić information content (AvgIpc) is 2.45. The predicted octanol–water partition coefficient (Wildman–Crippen LogP) is 3.06. The summed E-state index contributed by atoms with van der Waals surface area (Å²) in [5.74, 6) is 0.831. The zero-order chi connectivity index (χ0) is 10.1. The molecule has 1 rings (SSSR count). The molecular weight excluding hydrogens is 184 g/mol. The molecular formula is C10H16O2S. The fourth-order valence-electron chi connectivity index (χ4n) is 1.01. The van der Waals surface area contributed by atoms with Crippen LogP contribution in [0.3, 0.4) is 0 Å². The Labute approximate surface area is 83.5 Å². The Morgan fingerprint density at radius 2 is 1.77 bits per heavy atom. The summed E-state index contributed by atoms with van der Waals surface area (Å²) in [4.78, 5) is 1.28. The number of hydrogen-bond donors (Lipinski definition) is 0. The fourth-order valence-corrected chi connectivity index (χ4v) is 2.01. The quantitative estimate of drug-likeness (QED) is 0.730. The number of thiophene rings is 1. The molecule has 0 aliphatic heterocycles. The molecule has 0 aliphatic rings. The first kappa shape index (κ1) is 10.4. The number of methoxy groups -OCH3 is 2. The Morgan fingerprint density at radius 1 is 1.15 bits per heavy atom. The van der Waals surface area contributed by atoms with E-state index in [4.69, 9.17) is 9.47 Å². The normalized spacial score (nSPS) is 11.5. The number of rotatable bonds is 2. The average molecular weight is 200 g/mol. The molecule has 13 heavy (non-hydrogen) atoms. The van der Waals surface area contributed by atoms with Crippen LogP contribution in [0.5, 0.6) is 10.8 Å². The van der Waals surface area contributed by atoms with Gasteiger partial charge in [-0.1, -0.05) is 32.1 Å². The Bertz CT molecular complexity index is 262. The van der Waals surface area contributed by atoms with E-state index in [9.17, 15) is 0 Å². The molecule has 0 fully saturated rings. The largest absolute Gasteiger partial charge is 0.492 e. The van der Waals surface area contributed by atoms with Crippen LogP contribution in [0.15, 0.2) is 6.07 Å². The van der Waals surface area contributed by atoms with Gasteiger partial charge in [-0.2, -0.15) is 0 Å². The second-order valence-corrected chi connectivity index (χ2v) is 4.94. The molecule has 0 saturated carbocycles. The minimum absolute atomic E-state index is 0.161. The molecule has 0 N–H and O–H groups in total. The lowest BCUT2D eigenvalue weighted by Gasteiger charge is -2.14. The maximum atomic E-state index is 5.21. The summed E-state index contributed by atoms with van der Waals surface area (Å²) < 4.78 is 10.4. The predicted molar refractivity (Wildman–Crippen MR) is 56.1 cm³/mol. The fraction of sp³-hybridized carbons (Fsp3) is 0.600. The van der Waals surface area contributed by atoms with E-state index in [1.54, 1.807) is 25.6 Å². The lowest BCUT2D eigenvalue weighted by molar-refractivity contribution is 0.364. The van der Waals surface area contributed by atoms with E-state index in [0.29, 0.717) is 0 Å². The molecule has 2 nitrogen and oxygen atoms in total. The molecule has 1 heterocycles. The van der Waals surface area contributed by atoms with Gasteiger partial charge in [0.1, 0.15) is 0 Å². The monoisotopic (exact) mass is 200 g/mol. The standard InChI is InChI=1S/C10H16O2S/c1-10(2,3)8-6-7(11-4)9(12-5)13-8/h6H,1-5H3. The van der Waals surface area contributed by atoms with Crippen molar-refractivity contribution in [2.45, 2.75) is 26.2 Å². The summed E-state index contributed by atoms with van der Waals surface area (Å²) in [6, 6.07) is 2.05. The van der Waals surface area contributed by atoms with Crippen molar-refractivity contribution in [1.82, 2.24) is 0 Å². The second-order valence-electron chi connectivity index (χ2n) is 3.92. The molecule has 0 amide bonds. The molecule has 1 aromatic rings. The van der Waals surface area contributed by atoms with E-state index in [0.717, 1.165) is 10.8 Å². The molecule has 0 spiro atoms. The van der Waals surface area contributed by atoms with E-state index in [1.807, 2.05) is 6.07 Å². The molecule has 0 aromatic carbocycles. The van der Waals surface area contributed by atoms with Gasteiger partial charge in [-0.15, -0.1) is 0 Å². The maximum Gasteiger partial charge on any atom is 0.216 e. The van der Waals surface area contributed by atoms with Crippen LogP contribution in [0.4, 0.5) is 0 Å². The molecule has 0 bridgehead atoms. The van der Waals surface area contributed by atoms with Crippen molar-refractivity contribution < 1.29 is 9.47 Å². The summed E-state index contributed by atoms with van der Waals surface area (Å²) in [6.07, 6.45) is 0. The van der Waals surface area contributed by atoms with Crippen molar-refractivity contribution in [3.63, 3.8) is 0 Å². The van der Waals surface area contributed by atoms with E-state index in [2.05, 4.69) is 20.8 Å². The van der Waals surface area contributed by atoms with Crippen LogP contribution in [0.1, 0.15) is 25.6 Å². The molecule has 1 aromatic heterocycles. The van der Waals surface area contributed by atoms with Crippen molar-refractivity contribution in [2.24, 2.45) is 0 Å². The first-order chi connectivity index (χ1) is 5.99. The number of hydrogen-bond acceptors (Lipinski definition) is 3. The highest BCUT2D eigenvalue weighted by Crippen LogP contribution is 2.41. The highest BCUT2D eigenvalue weighted by atomic mass is 32.1. The van der Waals surface area contributed by atoms with E-state index < -0.39 is 0 Å². The first-order valence-corrected chi connectivity index (χ1v) is 5.03. The second kappa shape index (κ2) is 3.58. The summed E-state index contributed by atoms with van der Waals surface area (Å²) in [5.41, 5.74) is 0.161. The topological polar surface area (TPSA) is 18.5 Å². The molecule has 0 saturated heterocycles. The van der Waals surface area contributed by atoms with Crippen molar-refractivity contribution in [1.29, 1.82) is 0 Å². The van der Waals surface area contributed by atoms with Crippen LogP contribution in [0.25, 0.3) is 0 Å². The highest BCUT2D eigenvalue weighted by molar-refractivity contribution is 7.14. The zero-order valence-corrected chi connectivity index (χ0v) is 9.62. The molecule has 3 heteroatoms. The lowest BCUT2D eigenvalue weighted by Crippen LogP contribution is -2.07. The first-order valence-electron chi connectivity index (χ1n) is 4.21. The summed E-state index contributed by atoms with van der Waals surface area (Å²) in [6.45, 7) is 6.53. The third-order valence-corrected chi connectivity index (χ3v) is 3.31. The van der Waals surface area contributed by atoms with Gasteiger partial charge in [0.05, 0.1) is 14.2 Å². The van der Waals surface area contributed by atoms with Crippen LogP contribution in [0, 0.1) is 0 Å². The van der Waals surface area contributed by atoms with Gasteiger partial charge in [-0.25, -0.2) is 0 Å². The van der Waals surface area contributed by atoms with Gasteiger partial charge < -0.3 is 9.47 Å². The number of ether oxygens (including phenoxy) is 2. The Balaban J connectivity index is 3.07. The molecule has 0 atom stereocenters. The van der Waals surface area contributed by atoms with Crippen LogP contribution in [-0.2, 0) is 5.41 Å². The van der Waals surface area contributed by atoms with Crippen molar-refractivity contribution in [3.8, 4) is 10.8 Å². The third kappa shape index (κ3) is 2.15. The molecule has 74 valence electrons. The van der Waals surface area contributed by atoms with Crippen molar-refractivity contribution >= 4 is 11.3 Å². The zero-order valence-electron chi connectivity index (χ0n) is 8.80. The SMILES string of the molecule is COc1cc(C(C)(C)C)sc1OC. The van der Waals surface area contributed by atoms with E-state index in [1.165, 1.54) is 4.88 Å². The van der Waals surface area contributed by atoms with Crippen LogP contribution in [0.2, 0.25) is 0 Å². The van der Waals surface area contributed by atoms with Gasteiger partial charge in [-0.05, 0) is 11.5 Å². The van der Waals surface area contributed by atoms with Crippen LogP contribution < -0.4 is 9.47 Å². The summed E-state index contributed by atoms with van der Waals surface area (Å²) in [7, 11) is 3.33. The van der Waals surface area contributed by atoms with Crippen molar-refractivity contribution in [3.05, 3.63) is 10.9 Å². The molecule has 0 radical (unpaired) electrons. The van der Waals surface area contributed by atoms with Gasteiger partial charge >= 0.3 is 0 Å². The highest BCUT2D eigenvalue weighted by Gasteiger charge is 2.20. The van der Waals surface area contributed by atoms with Crippen LogP contribution in [-0.4, -0.2) is 14.2 Å². The summed E-state index contributed by atoms with van der Waals surface area (Å²) >= 11 is 1.64. The maximum absolute atomic E-state index is 5.21. The Morgan fingerprint density at radius 3 is 2.08 bits per heavy atom. The van der Waals surface area contributed by atoms with Gasteiger partial charge in [0, 0.05) is 4.88 Å². The molecule has 0 unspecified atom stereocenters. The van der Waals surface area contributed by atoms with Crippen molar-refractivity contribution in [2.75, 3.05) is 14.2 Å². The molecule has 0 aliphatic carbocycles. The van der Waals surface area contributed by atoms with E-state index in [-0.39, 0.29) is 5.41 Å². The van der Waals surface area contributed by atoms with Gasteiger partial charge in [0.15, 0.2) is 5.75 Å². The summed E-state index contributed by atoms with van der Waals surface area (Å²) in [5, 5.41) is 0.854. The lowest BCUT2D eigenvalue weighted by atomic mass is 9.95. The minimum Gasteiger partial charge on any atom is -0.492 e.